The maximum absolute atomic E-state index is 14.7. The molecule has 10 heteroatoms. The molecular formula is C33H35BN2O5S2. The minimum absolute atomic E-state index is 0.0487. The Balaban J connectivity index is 1.86. The molecule has 222 valence electrons. The fourth-order valence-corrected chi connectivity index (χ4v) is 8.76. The van der Waals surface area contributed by atoms with Crippen molar-refractivity contribution in [3.05, 3.63) is 143 Å². The Labute approximate surface area is 255 Å². The molecule has 0 spiro atoms. The summed E-state index contributed by atoms with van der Waals surface area (Å²) in [6.45, 7) is 7.43. The number of aryl methyl sites for hydroxylation is 2. The predicted octanol–water partition coefficient (Wildman–Crippen LogP) is 6.80. The Morgan fingerprint density at radius 1 is 0.674 bits per heavy atom. The standard InChI is InChI=1S/C33H35BN2O5S2/c1-5-29(6-2)41-34-35(42(37,38)30-21-17-25(3)18-22-30)32(27-13-9-7-10-14-27)33(28-15-11-8-12-16-28)36(34)43(39,40)31-23-19-26(4)20-24-31/h5,7-24,32-33H,6H2,1-4H3/b29-5+/t32-,33-/m1/s1. The molecule has 0 amide bonds. The van der Waals surface area contributed by atoms with Crippen molar-refractivity contribution in [1.82, 2.24) is 8.43 Å². The lowest BCUT2D eigenvalue weighted by Gasteiger charge is -2.29. The van der Waals surface area contributed by atoms with Gasteiger partial charge in [-0.05, 0) is 62.6 Å². The SMILES string of the molecule is C/C=C(\CC)OB1N(S(=O)(=O)c2ccc(C)cc2)[C@H](c2ccccc2)[C@@H](c2ccccc2)N1S(=O)(=O)c1ccc(C)cc1. The van der Waals surface area contributed by atoms with Crippen LogP contribution in [0.4, 0.5) is 0 Å². The molecule has 1 saturated heterocycles. The third-order valence-electron chi connectivity index (χ3n) is 7.68. The van der Waals surface area contributed by atoms with E-state index in [4.69, 9.17) is 4.65 Å². The van der Waals surface area contributed by atoms with Crippen molar-refractivity contribution in [3.8, 4) is 0 Å². The summed E-state index contributed by atoms with van der Waals surface area (Å²) in [6.07, 6.45) is 2.18. The Morgan fingerprint density at radius 2 is 1.05 bits per heavy atom. The van der Waals surface area contributed by atoms with E-state index >= 15 is 0 Å². The number of nitrogens with zero attached hydrogens (tertiary/aromatic N) is 2. The summed E-state index contributed by atoms with van der Waals surface area (Å²) in [5, 5.41) is 0. The van der Waals surface area contributed by atoms with Gasteiger partial charge >= 0.3 is 7.19 Å². The second kappa shape index (κ2) is 12.5. The zero-order chi connectivity index (χ0) is 30.8. The summed E-state index contributed by atoms with van der Waals surface area (Å²) in [4.78, 5) is 0.0973. The van der Waals surface area contributed by atoms with Crippen molar-refractivity contribution < 1.29 is 21.5 Å². The van der Waals surface area contributed by atoms with Gasteiger partial charge in [0.1, 0.15) is 0 Å². The number of hydrogen-bond acceptors (Lipinski definition) is 5. The van der Waals surface area contributed by atoms with E-state index in [9.17, 15) is 16.8 Å². The smallest absolute Gasteiger partial charge is 0.535 e. The van der Waals surface area contributed by atoms with E-state index in [0.717, 1.165) is 11.1 Å². The summed E-state index contributed by atoms with van der Waals surface area (Å²) in [5.74, 6) is 0.471. The van der Waals surface area contributed by atoms with Crippen LogP contribution in [0.2, 0.25) is 0 Å². The summed E-state index contributed by atoms with van der Waals surface area (Å²) in [7, 11) is -10.1. The van der Waals surface area contributed by atoms with Gasteiger partial charge in [-0.15, -0.1) is 0 Å². The molecule has 0 bridgehead atoms. The van der Waals surface area contributed by atoms with E-state index in [1.165, 1.54) is 8.43 Å². The molecule has 1 aliphatic heterocycles. The van der Waals surface area contributed by atoms with E-state index in [-0.39, 0.29) is 9.79 Å². The minimum atomic E-state index is -4.31. The normalized spacial score (nSPS) is 18.6. The van der Waals surface area contributed by atoms with E-state index in [1.807, 2.05) is 81.4 Å². The summed E-state index contributed by atoms with van der Waals surface area (Å²) in [5.41, 5.74) is 3.09. The van der Waals surface area contributed by atoms with Gasteiger partial charge in [-0.2, -0.15) is 8.43 Å². The Morgan fingerprint density at radius 3 is 1.37 bits per heavy atom. The average molecular weight is 615 g/mol. The van der Waals surface area contributed by atoms with Gasteiger partial charge in [0.15, 0.2) is 0 Å². The first-order valence-electron chi connectivity index (χ1n) is 14.2. The second-order valence-electron chi connectivity index (χ2n) is 10.6. The van der Waals surface area contributed by atoms with Gasteiger partial charge in [-0.3, -0.25) is 0 Å². The molecule has 0 aliphatic carbocycles. The molecule has 2 atom stereocenters. The summed E-state index contributed by atoms with van der Waals surface area (Å²) in [6, 6.07) is 29.5. The van der Waals surface area contributed by atoms with Crippen LogP contribution >= 0.6 is 0 Å². The lowest BCUT2D eigenvalue weighted by Crippen LogP contribution is -2.51. The first-order chi connectivity index (χ1) is 20.6. The number of rotatable bonds is 9. The third-order valence-corrected chi connectivity index (χ3v) is 11.3. The van der Waals surface area contributed by atoms with Gasteiger partial charge in [0.25, 0.3) is 0 Å². The molecular weight excluding hydrogens is 579 g/mol. The van der Waals surface area contributed by atoms with E-state index < -0.39 is 39.3 Å². The average Bonchev–Trinajstić information content (AvgIpc) is 3.37. The Kier molecular flexibility index (Phi) is 8.94. The van der Waals surface area contributed by atoms with Crippen LogP contribution in [0.3, 0.4) is 0 Å². The van der Waals surface area contributed by atoms with Crippen molar-refractivity contribution in [2.75, 3.05) is 0 Å². The maximum atomic E-state index is 14.7. The van der Waals surface area contributed by atoms with E-state index in [1.54, 1.807) is 61.5 Å². The fourth-order valence-electron chi connectivity index (χ4n) is 5.42. The van der Waals surface area contributed by atoms with Gasteiger partial charge in [0.05, 0.1) is 27.6 Å². The van der Waals surface area contributed by atoms with Crippen LogP contribution in [0.1, 0.15) is 54.6 Å². The van der Waals surface area contributed by atoms with Crippen LogP contribution < -0.4 is 0 Å². The van der Waals surface area contributed by atoms with Crippen LogP contribution in [0.5, 0.6) is 0 Å². The molecule has 0 saturated carbocycles. The maximum Gasteiger partial charge on any atom is 0.578 e. The predicted molar refractivity (Wildman–Crippen MR) is 170 cm³/mol. The lowest BCUT2D eigenvalue weighted by atomic mass is 9.95. The van der Waals surface area contributed by atoms with Crippen molar-refractivity contribution in [2.45, 2.75) is 56.0 Å². The molecule has 1 fully saturated rings. The van der Waals surface area contributed by atoms with Crippen LogP contribution in [-0.2, 0) is 24.7 Å². The van der Waals surface area contributed by atoms with Crippen molar-refractivity contribution >= 4 is 27.2 Å². The van der Waals surface area contributed by atoms with E-state index in [2.05, 4.69) is 0 Å². The number of benzene rings is 4. The first-order valence-corrected chi connectivity index (χ1v) is 17.1. The zero-order valence-electron chi connectivity index (χ0n) is 24.7. The topological polar surface area (TPSA) is 84.0 Å². The van der Waals surface area contributed by atoms with Crippen molar-refractivity contribution in [3.63, 3.8) is 0 Å². The van der Waals surface area contributed by atoms with Gasteiger partial charge in [-0.1, -0.05) is 109 Å². The van der Waals surface area contributed by atoms with Crippen LogP contribution in [0, 0.1) is 13.8 Å². The molecule has 0 aromatic heterocycles. The summed E-state index contributed by atoms with van der Waals surface area (Å²) >= 11 is 0. The molecule has 0 unspecified atom stereocenters. The zero-order valence-corrected chi connectivity index (χ0v) is 26.3. The van der Waals surface area contributed by atoms with Crippen molar-refractivity contribution in [1.29, 1.82) is 0 Å². The Bertz CT molecular complexity index is 1670. The van der Waals surface area contributed by atoms with Crippen LogP contribution in [0.15, 0.2) is 131 Å². The molecule has 4 aromatic rings. The lowest BCUT2D eigenvalue weighted by molar-refractivity contribution is 0.352. The fraction of sp³-hybridized carbons (Fsp3) is 0.212. The molecule has 5 rings (SSSR count). The minimum Gasteiger partial charge on any atom is -0.535 e. The largest absolute Gasteiger partial charge is 0.578 e. The van der Waals surface area contributed by atoms with Gasteiger partial charge < -0.3 is 4.65 Å². The first kappa shape index (κ1) is 30.8. The number of allylic oxidation sites excluding steroid dienone is 2. The molecule has 43 heavy (non-hydrogen) atoms. The van der Waals surface area contributed by atoms with Crippen LogP contribution in [0.25, 0.3) is 0 Å². The highest BCUT2D eigenvalue weighted by molar-refractivity contribution is 7.92. The highest BCUT2D eigenvalue weighted by Gasteiger charge is 2.63. The molecule has 0 radical (unpaired) electrons. The molecule has 4 aromatic carbocycles. The Hall–Kier alpha value is -3.70. The molecule has 0 N–H and O–H groups in total. The van der Waals surface area contributed by atoms with Gasteiger partial charge in [-0.25, -0.2) is 16.8 Å². The third kappa shape index (κ3) is 5.93. The molecule has 7 nitrogen and oxygen atoms in total. The van der Waals surface area contributed by atoms with Gasteiger partial charge in [0.2, 0.25) is 20.0 Å². The number of sulfonamides is 2. The summed E-state index contributed by atoms with van der Waals surface area (Å²) < 4.78 is 67.9. The van der Waals surface area contributed by atoms with E-state index in [0.29, 0.717) is 23.3 Å². The highest BCUT2D eigenvalue weighted by Crippen LogP contribution is 2.51. The molecule has 1 aliphatic rings. The van der Waals surface area contributed by atoms with Crippen molar-refractivity contribution in [2.24, 2.45) is 0 Å². The number of hydrogen-bond donors (Lipinski definition) is 0. The van der Waals surface area contributed by atoms with Crippen LogP contribution in [-0.4, -0.2) is 32.5 Å². The van der Waals surface area contributed by atoms with Gasteiger partial charge in [0, 0.05) is 0 Å². The monoisotopic (exact) mass is 614 g/mol. The molecule has 1 heterocycles. The second-order valence-corrected chi connectivity index (χ2v) is 14.2. The quantitative estimate of drug-likeness (QED) is 0.153. The highest BCUT2D eigenvalue weighted by atomic mass is 32.2.